The molecule has 5 heteroatoms. The van der Waals surface area contributed by atoms with Crippen LogP contribution in [-0.4, -0.2) is 36.2 Å². The third-order valence-electron chi connectivity index (χ3n) is 2.99. The van der Waals surface area contributed by atoms with E-state index in [1.165, 1.54) is 0 Å². The zero-order valence-electron chi connectivity index (χ0n) is 12.9. The second kappa shape index (κ2) is 10.7. The van der Waals surface area contributed by atoms with E-state index in [0.29, 0.717) is 0 Å². The fourth-order valence-corrected chi connectivity index (χ4v) is 3.76. The molecule has 1 rings (SSSR count). The first-order valence-corrected chi connectivity index (χ1v) is 9.17. The summed E-state index contributed by atoms with van der Waals surface area (Å²) in [6.45, 7) is 6.57. The summed E-state index contributed by atoms with van der Waals surface area (Å²) in [6, 6.07) is 9.10. The van der Waals surface area contributed by atoms with E-state index in [-0.39, 0.29) is 0 Å². The Bertz CT molecular complexity index is 339. The van der Waals surface area contributed by atoms with Crippen molar-refractivity contribution in [3.05, 3.63) is 24.3 Å². The first-order chi connectivity index (χ1) is 9.80. The Labute approximate surface area is 124 Å². The first-order valence-electron chi connectivity index (χ1n) is 7.41. The lowest BCUT2D eigenvalue weighted by Gasteiger charge is -2.14. The molecule has 0 heterocycles. The van der Waals surface area contributed by atoms with Crippen molar-refractivity contribution >= 4 is 15.0 Å². The number of hydrogen-bond donors (Lipinski definition) is 1. The minimum absolute atomic E-state index is 0.765. The van der Waals surface area contributed by atoms with Crippen molar-refractivity contribution in [2.45, 2.75) is 32.7 Å². The minimum atomic E-state index is -1.41. The average molecular weight is 297 g/mol. The highest BCUT2D eigenvalue weighted by molar-refractivity contribution is 6.44. The largest absolute Gasteiger partial charge is 0.497 e. The molecule has 0 saturated heterocycles. The third-order valence-corrected chi connectivity index (χ3v) is 5.28. The van der Waals surface area contributed by atoms with Crippen LogP contribution in [0.1, 0.15) is 26.7 Å². The summed E-state index contributed by atoms with van der Waals surface area (Å²) in [5.74, 6) is 0.887. The SMILES string of the molecule is CCO[SiH](CCCCNc1ccc(OC)cc1)OCC. The van der Waals surface area contributed by atoms with Crippen LogP contribution in [-0.2, 0) is 8.85 Å². The van der Waals surface area contributed by atoms with E-state index in [4.69, 9.17) is 13.6 Å². The normalized spacial score (nSPS) is 10.8. The zero-order chi connectivity index (χ0) is 14.6. The van der Waals surface area contributed by atoms with Crippen LogP contribution in [0.3, 0.4) is 0 Å². The molecule has 4 nitrogen and oxygen atoms in total. The highest BCUT2D eigenvalue weighted by Gasteiger charge is 2.10. The van der Waals surface area contributed by atoms with Gasteiger partial charge in [0.1, 0.15) is 5.75 Å². The van der Waals surface area contributed by atoms with Gasteiger partial charge in [0.15, 0.2) is 0 Å². The van der Waals surface area contributed by atoms with Gasteiger partial charge < -0.3 is 18.9 Å². The van der Waals surface area contributed by atoms with E-state index in [2.05, 4.69) is 5.32 Å². The molecule has 0 atom stereocenters. The number of anilines is 1. The van der Waals surface area contributed by atoms with E-state index in [0.717, 1.165) is 50.1 Å². The zero-order valence-corrected chi connectivity index (χ0v) is 14.0. The Morgan fingerprint density at radius 1 is 1.00 bits per heavy atom. The Morgan fingerprint density at radius 2 is 1.65 bits per heavy atom. The molecule has 1 aromatic rings. The van der Waals surface area contributed by atoms with E-state index in [1.807, 2.05) is 38.1 Å². The van der Waals surface area contributed by atoms with E-state index >= 15 is 0 Å². The molecule has 20 heavy (non-hydrogen) atoms. The first kappa shape index (κ1) is 17.0. The summed E-state index contributed by atoms with van der Waals surface area (Å²) in [5, 5.41) is 3.41. The third kappa shape index (κ3) is 6.93. The van der Waals surface area contributed by atoms with Crippen molar-refractivity contribution in [1.82, 2.24) is 0 Å². The minimum Gasteiger partial charge on any atom is -0.497 e. The van der Waals surface area contributed by atoms with Gasteiger partial charge in [0.25, 0.3) is 0 Å². The van der Waals surface area contributed by atoms with Crippen molar-refractivity contribution < 1.29 is 13.6 Å². The summed E-state index contributed by atoms with van der Waals surface area (Å²) in [5.41, 5.74) is 1.13. The Balaban J connectivity index is 2.14. The summed E-state index contributed by atoms with van der Waals surface area (Å²) in [6.07, 6.45) is 2.29. The van der Waals surface area contributed by atoms with Gasteiger partial charge in [-0.05, 0) is 57.0 Å². The smallest absolute Gasteiger partial charge is 0.321 e. The molecule has 0 saturated carbocycles. The second-order valence-electron chi connectivity index (χ2n) is 4.49. The highest BCUT2D eigenvalue weighted by atomic mass is 28.3. The second-order valence-corrected chi connectivity index (χ2v) is 6.59. The highest BCUT2D eigenvalue weighted by Crippen LogP contribution is 2.15. The molecule has 0 aliphatic carbocycles. The van der Waals surface area contributed by atoms with Gasteiger partial charge in [0.2, 0.25) is 0 Å². The molecule has 0 radical (unpaired) electrons. The van der Waals surface area contributed by atoms with Crippen LogP contribution in [0.5, 0.6) is 5.75 Å². The average Bonchev–Trinajstić information content (AvgIpc) is 2.48. The molecule has 0 bridgehead atoms. The molecule has 114 valence electrons. The van der Waals surface area contributed by atoms with Gasteiger partial charge in [-0.2, -0.15) is 0 Å². The number of ether oxygens (including phenoxy) is 1. The predicted octanol–water partition coefficient (Wildman–Crippen LogP) is 3.18. The summed E-state index contributed by atoms with van der Waals surface area (Å²) in [4.78, 5) is 0. The lowest BCUT2D eigenvalue weighted by Crippen LogP contribution is -2.22. The monoisotopic (exact) mass is 297 g/mol. The quantitative estimate of drug-likeness (QED) is 0.503. The van der Waals surface area contributed by atoms with Gasteiger partial charge in [-0.15, -0.1) is 0 Å². The molecule has 1 N–H and O–H groups in total. The summed E-state index contributed by atoms with van der Waals surface area (Å²) < 4.78 is 16.4. The van der Waals surface area contributed by atoms with E-state index < -0.39 is 9.28 Å². The fraction of sp³-hybridized carbons (Fsp3) is 0.600. The van der Waals surface area contributed by atoms with E-state index in [1.54, 1.807) is 7.11 Å². The van der Waals surface area contributed by atoms with Crippen molar-refractivity contribution in [1.29, 1.82) is 0 Å². The Hall–Kier alpha value is -1.04. The number of rotatable bonds is 11. The van der Waals surface area contributed by atoms with Crippen molar-refractivity contribution in [2.24, 2.45) is 0 Å². The van der Waals surface area contributed by atoms with Crippen LogP contribution in [0.25, 0.3) is 0 Å². The summed E-state index contributed by atoms with van der Waals surface area (Å²) >= 11 is 0. The number of hydrogen-bond acceptors (Lipinski definition) is 4. The van der Waals surface area contributed by atoms with Gasteiger partial charge in [0, 0.05) is 25.4 Å². The molecular formula is C15H27NO3Si. The van der Waals surface area contributed by atoms with E-state index in [9.17, 15) is 0 Å². The van der Waals surface area contributed by atoms with Crippen molar-refractivity contribution in [3.63, 3.8) is 0 Å². The molecule has 0 aromatic heterocycles. The lowest BCUT2D eigenvalue weighted by molar-refractivity contribution is 0.212. The van der Waals surface area contributed by atoms with Gasteiger partial charge in [-0.25, -0.2) is 0 Å². The fourth-order valence-electron chi connectivity index (χ4n) is 1.96. The molecule has 0 spiro atoms. The molecular weight excluding hydrogens is 270 g/mol. The lowest BCUT2D eigenvalue weighted by atomic mass is 10.3. The van der Waals surface area contributed by atoms with Gasteiger partial charge >= 0.3 is 9.28 Å². The Kier molecular flexibility index (Phi) is 9.11. The van der Waals surface area contributed by atoms with Gasteiger partial charge in [-0.3, -0.25) is 0 Å². The van der Waals surface area contributed by atoms with Crippen LogP contribution in [0, 0.1) is 0 Å². The molecule has 0 unspecified atom stereocenters. The number of benzene rings is 1. The molecule has 1 aromatic carbocycles. The topological polar surface area (TPSA) is 39.7 Å². The van der Waals surface area contributed by atoms with Crippen molar-refractivity contribution in [2.75, 3.05) is 32.2 Å². The van der Waals surface area contributed by atoms with Gasteiger partial charge in [0.05, 0.1) is 7.11 Å². The molecule has 0 fully saturated rings. The van der Waals surface area contributed by atoms with Crippen LogP contribution >= 0.6 is 0 Å². The maximum atomic E-state index is 5.66. The maximum Gasteiger partial charge on any atom is 0.321 e. The summed E-state index contributed by atoms with van der Waals surface area (Å²) in [7, 11) is 0.274. The Morgan fingerprint density at radius 3 is 2.20 bits per heavy atom. The van der Waals surface area contributed by atoms with Crippen LogP contribution in [0.15, 0.2) is 24.3 Å². The molecule has 0 amide bonds. The van der Waals surface area contributed by atoms with Crippen LogP contribution in [0.2, 0.25) is 6.04 Å². The number of nitrogens with one attached hydrogen (secondary N) is 1. The molecule has 0 aliphatic rings. The van der Waals surface area contributed by atoms with Crippen molar-refractivity contribution in [3.8, 4) is 5.75 Å². The predicted molar refractivity (Wildman–Crippen MR) is 85.9 cm³/mol. The van der Waals surface area contributed by atoms with Gasteiger partial charge in [-0.1, -0.05) is 0 Å². The van der Waals surface area contributed by atoms with Crippen LogP contribution in [0.4, 0.5) is 5.69 Å². The maximum absolute atomic E-state index is 5.66. The molecule has 0 aliphatic heterocycles. The van der Waals surface area contributed by atoms with Crippen LogP contribution < -0.4 is 10.1 Å². The number of unbranched alkanes of at least 4 members (excludes halogenated alkanes) is 1. The number of methoxy groups -OCH3 is 1. The standard InChI is InChI=1S/C15H27NO3Si/c1-4-18-20(19-5-2)13-7-6-12-16-14-8-10-15(17-3)11-9-14/h8-11,16,20H,4-7,12-13H2,1-3H3.